The molecule has 4 heteroatoms. The smallest absolute Gasteiger partial charge is 0.137 e. The summed E-state index contributed by atoms with van der Waals surface area (Å²) in [5.74, 6) is 0. The van der Waals surface area contributed by atoms with Crippen molar-refractivity contribution in [2.24, 2.45) is 0 Å². The second kappa shape index (κ2) is 16.2. The molecule has 0 spiro atoms. The number of rotatable bonds is 8. The van der Waals surface area contributed by atoms with Gasteiger partial charge >= 0.3 is 0 Å². The molecule has 0 aliphatic heterocycles. The van der Waals surface area contributed by atoms with Crippen molar-refractivity contribution in [2.75, 3.05) is 9.80 Å². The zero-order valence-electron chi connectivity index (χ0n) is 47.2. The average Bonchev–Trinajstić information content (AvgIpc) is 4.07. The van der Waals surface area contributed by atoms with Gasteiger partial charge in [-0.05, 0) is 140 Å². The van der Waals surface area contributed by atoms with Crippen LogP contribution in [0.5, 0.6) is 0 Å². The van der Waals surface area contributed by atoms with E-state index < -0.39 is 36.3 Å². The molecule has 2 aromatic heterocycles. The first-order valence-corrected chi connectivity index (χ1v) is 23.0. The van der Waals surface area contributed by atoms with E-state index in [1.165, 1.54) is 0 Å². The Hall–Kier alpha value is -9.38. The fraction of sp³-hybridized carbons (Fsp3) is 0. The van der Waals surface area contributed by atoms with Gasteiger partial charge in [-0.1, -0.05) is 145 Å². The quantitative estimate of drug-likeness (QED) is 0.152. The Morgan fingerprint density at radius 3 is 1.07 bits per heavy atom. The molecule has 4 nitrogen and oxygen atoms in total. The molecule has 0 bridgehead atoms. The Morgan fingerprint density at radius 1 is 0.286 bits per heavy atom. The Kier molecular flexibility index (Phi) is 7.11. The number of benzene rings is 12. The standard InChI is InChI=1S/C66H42N2O2/c1-5-17-43(18-6-1)57-33-45-21-13-15-23-47(45)37-61(57)67(51-25-9-3-10-26-51)53-29-31-55-59-35-49-40-64-60(36-50(49)39-63(59)69-65(55)41-53)56-32-30-54(42-66(56)70-64)68(52-27-11-4-12-28-52)62-38-48-24-16-14-22-46(48)34-58(62)44-19-7-2-8-20-44/h1-42H/i3D,4D,9D,10D,11D,12D,25D,26D,27D,28D. The van der Waals surface area contributed by atoms with Crippen LogP contribution in [0.2, 0.25) is 0 Å². The summed E-state index contributed by atoms with van der Waals surface area (Å²) in [5, 5.41) is 8.81. The zero-order valence-corrected chi connectivity index (χ0v) is 37.2. The lowest BCUT2D eigenvalue weighted by atomic mass is 9.97. The van der Waals surface area contributed by atoms with E-state index in [0.29, 0.717) is 45.1 Å². The van der Waals surface area contributed by atoms with Gasteiger partial charge in [-0.3, -0.25) is 0 Å². The zero-order chi connectivity index (χ0) is 54.8. The molecular formula is C66H42N2O2. The van der Waals surface area contributed by atoms with Gasteiger partial charge in [-0.25, -0.2) is 0 Å². The molecule has 0 fully saturated rings. The van der Waals surface area contributed by atoms with Crippen molar-refractivity contribution in [2.45, 2.75) is 0 Å². The Bertz CT molecular complexity index is 4560. The van der Waals surface area contributed by atoms with Crippen LogP contribution in [-0.4, -0.2) is 0 Å². The minimum absolute atomic E-state index is 0.000941. The van der Waals surface area contributed by atoms with E-state index in [-0.39, 0.29) is 35.5 Å². The largest absolute Gasteiger partial charge is 0.456 e. The van der Waals surface area contributed by atoms with Crippen LogP contribution in [0, 0.1) is 0 Å². The number of furan rings is 2. The summed E-state index contributed by atoms with van der Waals surface area (Å²) >= 11 is 0. The summed E-state index contributed by atoms with van der Waals surface area (Å²) in [6, 6.07) is 59.0. The van der Waals surface area contributed by atoms with E-state index >= 15 is 0 Å². The van der Waals surface area contributed by atoms with E-state index in [2.05, 4.69) is 24.3 Å². The molecule has 0 aliphatic rings. The van der Waals surface area contributed by atoms with Gasteiger partial charge in [0.15, 0.2) is 0 Å². The lowest BCUT2D eigenvalue weighted by Crippen LogP contribution is -2.11. The fourth-order valence-corrected chi connectivity index (χ4v) is 10.1. The highest BCUT2D eigenvalue weighted by Crippen LogP contribution is 2.47. The molecular weight excluding hydrogens is 853 g/mol. The SMILES string of the molecule is [2H]c1c([2H])c([2H])c(N(c2ccc3c(c2)oc2cc4cc5c(cc4cc23)oc2cc(N(c3cc4ccccc4cc3-c3ccccc3)c3c([2H])c([2H])c([2H])c([2H])c3[2H])ccc25)c2cc3ccccc3cc2-c2ccccc2)c([2H])c1[2H]. The predicted octanol–water partition coefficient (Wildman–Crippen LogP) is 19.2. The molecule has 2 heterocycles. The summed E-state index contributed by atoms with van der Waals surface area (Å²) in [7, 11) is 0. The van der Waals surface area contributed by atoms with E-state index in [1.54, 1.807) is 9.80 Å². The minimum atomic E-state index is -0.483. The molecule has 0 saturated heterocycles. The predicted molar refractivity (Wildman–Crippen MR) is 294 cm³/mol. The molecule has 0 unspecified atom stereocenters. The van der Waals surface area contributed by atoms with Crippen LogP contribution in [0.4, 0.5) is 34.1 Å². The van der Waals surface area contributed by atoms with Crippen LogP contribution in [0.15, 0.2) is 263 Å². The third-order valence-electron chi connectivity index (χ3n) is 13.3. The van der Waals surface area contributed by atoms with Gasteiger partial charge in [0, 0.05) is 67.6 Å². The first kappa shape index (κ1) is 30.8. The summed E-state index contributed by atoms with van der Waals surface area (Å²) in [6.45, 7) is 0. The molecule has 328 valence electrons. The lowest BCUT2D eigenvalue weighted by Gasteiger charge is -2.28. The molecule has 0 N–H and O–H groups in total. The van der Waals surface area contributed by atoms with Gasteiger partial charge in [-0.15, -0.1) is 0 Å². The third-order valence-corrected chi connectivity index (χ3v) is 13.3. The van der Waals surface area contributed by atoms with Crippen LogP contribution >= 0.6 is 0 Å². The van der Waals surface area contributed by atoms with Gasteiger partial charge < -0.3 is 18.6 Å². The van der Waals surface area contributed by atoms with Crippen molar-refractivity contribution in [1.29, 1.82) is 0 Å². The summed E-state index contributed by atoms with van der Waals surface area (Å²) in [5.41, 5.74) is 7.93. The molecule has 0 saturated carbocycles. The second-order valence-corrected chi connectivity index (χ2v) is 17.4. The van der Waals surface area contributed by atoms with Crippen LogP contribution < -0.4 is 9.80 Å². The highest BCUT2D eigenvalue weighted by molar-refractivity contribution is 6.16. The molecule has 12 aromatic carbocycles. The highest BCUT2D eigenvalue weighted by atomic mass is 16.3. The van der Waals surface area contributed by atoms with Crippen LogP contribution in [-0.2, 0) is 0 Å². The Morgan fingerprint density at radius 2 is 0.657 bits per heavy atom. The lowest BCUT2D eigenvalue weighted by molar-refractivity contribution is 0.668. The number of nitrogens with zero attached hydrogens (tertiary/aromatic N) is 2. The third kappa shape index (κ3) is 6.69. The molecule has 0 radical (unpaired) electrons. The first-order chi connectivity index (χ1) is 38.8. The van der Waals surface area contributed by atoms with Gasteiger partial charge in [0.25, 0.3) is 0 Å². The molecule has 0 amide bonds. The maximum Gasteiger partial charge on any atom is 0.137 e. The maximum atomic E-state index is 9.25. The Balaban J connectivity index is 0.926. The fourth-order valence-electron chi connectivity index (χ4n) is 10.1. The van der Waals surface area contributed by atoms with Crippen molar-refractivity contribution in [3.63, 3.8) is 0 Å². The number of hydrogen-bond acceptors (Lipinski definition) is 4. The number of anilines is 6. The normalized spacial score (nSPS) is 13.7. The second-order valence-electron chi connectivity index (χ2n) is 17.4. The number of fused-ring (bicyclic) bond motifs is 9. The van der Waals surface area contributed by atoms with E-state index in [9.17, 15) is 5.48 Å². The molecule has 14 rings (SSSR count). The summed E-state index contributed by atoms with van der Waals surface area (Å²) in [6.07, 6.45) is 0. The molecule has 70 heavy (non-hydrogen) atoms. The van der Waals surface area contributed by atoms with Crippen molar-refractivity contribution >= 4 is 110 Å². The van der Waals surface area contributed by atoms with Gasteiger partial charge in [-0.2, -0.15) is 0 Å². The molecule has 14 aromatic rings. The highest BCUT2D eigenvalue weighted by Gasteiger charge is 2.23. The first-order valence-electron chi connectivity index (χ1n) is 28.0. The monoisotopic (exact) mass is 904 g/mol. The van der Waals surface area contributed by atoms with Gasteiger partial charge in [0.05, 0.1) is 25.1 Å². The molecule has 0 aliphatic carbocycles. The van der Waals surface area contributed by atoms with Crippen LogP contribution in [0.1, 0.15) is 13.7 Å². The summed E-state index contributed by atoms with van der Waals surface area (Å²) < 4.78 is 102. The number of hydrogen-bond donors (Lipinski definition) is 0. The van der Waals surface area contributed by atoms with Crippen molar-refractivity contribution in [3.8, 4) is 22.3 Å². The van der Waals surface area contributed by atoms with Crippen molar-refractivity contribution < 1.29 is 22.5 Å². The van der Waals surface area contributed by atoms with Gasteiger partial charge in [0.2, 0.25) is 0 Å². The van der Waals surface area contributed by atoms with E-state index in [4.69, 9.17) is 17.1 Å². The average molecular weight is 905 g/mol. The Labute approximate surface area is 418 Å². The van der Waals surface area contributed by atoms with E-state index in [1.807, 2.05) is 170 Å². The maximum absolute atomic E-state index is 9.25. The number of para-hydroxylation sites is 2. The minimum Gasteiger partial charge on any atom is -0.456 e. The van der Waals surface area contributed by atoms with E-state index in [0.717, 1.165) is 76.1 Å². The van der Waals surface area contributed by atoms with Crippen molar-refractivity contribution in [1.82, 2.24) is 0 Å². The molecule has 0 atom stereocenters. The van der Waals surface area contributed by atoms with Gasteiger partial charge in [0.1, 0.15) is 22.3 Å². The summed E-state index contributed by atoms with van der Waals surface area (Å²) in [4.78, 5) is 3.49. The van der Waals surface area contributed by atoms with Crippen molar-refractivity contribution in [3.05, 3.63) is 255 Å². The van der Waals surface area contributed by atoms with Crippen LogP contribution in [0.3, 0.4) is 0 Å². The van der Waals surface area contributed by atoms with Crippen LogP contribution in [0.25, 0.3) is 98.4 Å². The topological polar surface area (TPSA) is 32.8 Å².